The predicted octanol–water partition coefficient (Wildman–Crippen LogP) is 4.37. The van der Waals surface area contributed by atoms with Crippen molar-refractivity contribution in [1.29, 1.82) is 0 Å². The van der Waals surface area contributed by atoms with Gasteiger partial charge in [0.1, 0.15) is 4.90 Å². The van der Waals surface area contributed by atoms with Crippen LogP contribution in [0.15, 0.2) is 65.7 Å². The molecule has 1 aliphatic heterocycles. The summed E-state index contributed by atoms with van der Waals surface area (Å²) in [6.45, 7) is 5.78. The second kappa shape index (κ2) is 9.95. The molecule has 0 bridgehead atoms. The van der Waals surface area contributed by atoms with Crippen LogP contribution >= 0.6 is 0 Å². The molecule has 1 aromatic heterocycles. The molecule has 2 aliphatic rings. The summed E-state index contributed by atoms with van der Waals surface area (Å²) < 4.78 is 28.7. The molecule has 3 aromatic rings. The van der Waals surface area contributed by atoms with E-state index in [4.69, 9.17) is 0 Å². The Bertz CT molecular complexity index is 1300. The van der Waals surface area contributed by atoms with Crippen LogP contribution in [-0.4, -0.2) is 61.3 Å². The summed E-state index contributed by atoms with van der Waals surface area (Å²) in [5.41, 5.74) is 1.40. The van der Waals surface area contributed by atoms with Gasteiger partial charge >= 0.3 is 0 Å². The molecule has 1 amide bonds. The number of pyridine rings is 1. The summed E-state index contributed by atoms with van der Waals surface area (Å²) in [4.78, 5) is 22.0. The zero-order chi connectivity index (χ0) is 24.4. The number of piperazine rings is 1. The molecular weight excluding hydrogens is 460 g/mol. The van der Waals surface area contributed by atoms with Crippen molar-refractivity contribution in [3.05, 3.63) is 66.4 Å². The van der Waals surface area contributed by atoms with Crippen LogP contribution < -0.4 is 4.72 Å². The molecule has 1 N–H and O–H groups in total. The van der Waals surface area contributed by atoms with Gasteiger partial charge in [-0.25, -0.2) is 8.42 Å². The van der Waals surface area contributed by atoms with E-state index in [9.17, 15) is 13.2 Å². The van der Waals surface area contributed by atoms with E-state index in [0.717, 1.165) is 37.5 Å². The van der Waals surface area contributed by atoms with Gasteiger partial charge in [-0.3, -0.25) is 19.4 Å². The van der Waals surface area contributed by atoms with Gasteiger partial charge in [0.25, 0.3) is 15.9 Å². The molecule has 2 aromatic carbocycles. The Balaban J connectivity index is 1.24. The monoisotopic (exact) mass is 492 g/mol. The van der Waals surface area contributed by atoms with E-state index in [1.54, 1.807) is 48.7 Å². The first-order chi connectivity index (χ1) is 16.9. The van der Waals surface area contributed by atoms with Gasteiger partial charge in [-0.15, -0.1) is 0 Å². The molecule has 1 aliphatic carbocycles. The predicted molar refractivity (Wildman–Crippen MR) is 138 cm³/mol. The standard InChI is InChI=1S/C27H32N4O3S/c1-20-18-30(19-21-6-2-3-7-21)16-17-31(20)27(32)23-11-13-24(14-12-23)29-35(33,34)25-10-4-8-22-9-5-15-28-26(22)25/h4-5,8-15,20-21,29H,2-3,6-7,16-19H2,1H3. The summed E-state index contributed by atoms with van der Waals surface area (Å²) in [5, 5.41) is 0.758. The molecule has 35 heavy (non-hydrogen) atoms. The Kier molecular flexibility index (Phi) is 6.75. The number of hydrogen-bond donors (Lipinski definition) is 1. The van der Waals surface area contributed by atoms with E-state index in [1.807, 2.05) is 17.0 Å². The van der Waals surface area contributed by atoms with Crippen LogP contribution in [0.5, 0.6) is 0 Å². The average Bonchev–Trinajstić information content (AvgIpc) is 3.37. The van der Waals surface area contributed by atoms with Crippen LogP contribution in [0.2, 0.25) is 0 Å². The summed E-state index contributed by atoms with van der Waals surface area (Å²) in [6, 6.07) is 15.5. The normalized spacial score (nSPS) is 19.8. The first kappa shape index (κ1) is 23.8. The van der Waals surface area contributed by atoms with Crippen LogP contribution in [0.25, 0.3) is 10.9 Å². The van der Waals surface area contributed by atoms with E-state index in [2.05, 4.69) is 21.5 Å². The highest BCUT2D eigenvalue weighted by Gasteiger charge is 2.30. The molecule has 5 rings (SSSR count). The lowest BCUT2D eigenvalue weighted by molar-refractivity contribution is 0.0461. The first-order valence-electron chi connectivity index (χ1n) is 12.4. The van der Waals surface area contributed by atoms with Crippen LogP contribution in [0.1, 0.15) is 43.0 Å². The maximum absolute atomic E-state index is 13.2. The number of nitrogens with zero attached hydrogens (tertiary/aromatic N) is 3. The van der Waals surface area contributed by atoms with Gasteiger partial charge < -0.3 is 4.90 Å². The summed E-state index contributed by atoms with van der Waals surface area (Å²) in [7, 11) is -3.83. The van der Waals surface area contributed by atoms with E-state index < -0.39 is 10.0 Å². The number of amides is 1. The highest BCUT2D eigenvalue weighted by atomic mass is 32.2. The number of sulfonamides is 1. The third-order valence-corrected chi connectivity index (χ3v) is 8.65. The van der Waals surface area contributed by atoms with Crippen molar-refractivity contribution in [2.75, 3.05) is 30.9 Å². The molecule has 1 unspecified atom stereocenters. The van der Waals surface area contributed by atoms with E-state index in [0.29, 0.717) is 16.8 Å². The lowest BCUT2D eigenvalue weighted by Gasteiger charge is -2.40. The molecule has 0 spiro atoms. The molecule has 184 valence electrons. The molecule has 1 atom stereocenters. The molecule has 7 nitrogen and oxygen atoms in total. The summed E-state index contributed by atoms with van der Waals surface area (Å²) in [6.07, 6.45) is 6.95. The number of benzene rings is 2. The van der Waals surface area contributed by atoms with Crippen LogP contribution in [0.3, 0.4) is 0 Å². The Labute approximate surface area is 207 Å². The largest absolute Gasteiger partial charge is 0.333 e. The molecule has 0 radical (unpaired) electrons. The summed E-state index contributed by atoms with van der Waals surface area (Å²) in [5.74, 6) is 0.802. The molecule has 1 saturated carbocycles. The number of para-hydroxylation sites is 1. The second-order valence-corrected chi connectivity index (χ2v) is 11.4. The van der Waals surface area contributed by atoms with Crippen molar-refractivity contribution >= 4 is 32.5 Å². The second-order valence-electron chi connectivity index (χ2n) is 9.77. The number of carbonyl (C=O) groups excluding carboxylic acids is 1. The Hall–Kier alpha value is -2.97. The minimum Gasteiger partial charge on any atom is -0.333 e. The van der Waals surface area contributed by atoms with Crippen molar-refractivity contribution in [3.63, 3.8) is 0 Å². The zero-order valence-corrected chi connectivity index (χ0v) is 20.9. The van der Waals surface area contributed by atoms with Gasteiger partial charge in [-0.1, -0.05) is 31.0 Å². The minimum atomic E-state index is -3.83. The van der Waals surface area contributed by atoms with E-state index in [1.165, 1.54) is 25.7 Å². The fourth-order valence-electron chi connectivity index (χ4n) is 5.41. The Morgan fingerprint density at radius 3 is 2.51 bits per heavy atom. The molecule has 8 heteroatoms. The lowest BCUT2D eigenvalue weighted by Crippen LogP contribution is -2.54. The van der Waals surface area contributed by atoms with Crippen LogP contribution in [-0.2, 0) is 10.0 Å². The Morgan fingerprint density at radius 1 is 1.03 bits per heavy atom. The SMILES string of the molecule is CC1CN(CC2CCCC2)CCN1C(=O)c1ccc(NS(=O)(=O)c2cccc3cccnc23)cc1. The van der Waals surface area contributed by atoms with Crippen LogP contribution in [0, 0.1) is 5.92 Å². The van der Waals surface area contributed by atoms with Gasteiger partial charge in [0.2, 0.25) is 0 Å². The quantitative estimate of drug-likeness (QED) is 0.553. The van der Waals surface area contributed by atoms with Crippen LogP contribution in [0.4, 0.5) is 5.69 Å². The third-order valence-electron chi connectivity index (χ3n) is 7.23. The smallest absolute Gasteiger partial charge is 0.264 e. The van der Waals surface area contributed by atoms with E-state index in [-0.39, 0.29) is 16.8 Å². The van der Waals surface area contributed by atoms with Crippen molar-refractivity contribution in [1.82, 2.24) is 14.8 Å². The van der Waals surface area contributed by atoms with Crippen molar-refractivity contribution in [2.45, 2.75) is 43.5 Å². The topological polar surface area (TPSA) is 82.6 Å². The van der Waals surface area contributed by atoms with Gasteiger partial charge in [-0.05, 0) is 62.1 Å². The number of nitrogens with one attached hydrogen (secondary N) is 1. The number of anilines is 1. The maximum Gasteiger partial charge on any atom is 0.264 e. The number of fused-ring (bicyclic) bond motifs is 1. The zero-order valence-electron chi connectivity index (χ0n) is 20.1. The number of carbonyl (C=O) groups is 1. The van der Waals surface area contributed by atoms with Crippen molar-refractivity contribution < 1.29 is 13.2 Å². The highest BCUT2D eigenvalue weighted by molar-refractivity contribution is 7.93. The van der Waals surface area contributed by atoms with Crippen molar-refractivity contribution in [2.24, 2.45) is 5.92 Å². The maximum atomic E-state index is 13.2. The van der Waals surface area contributed by atoms with Gasteiger partial charge in [0, 0.05) is 55.1 Å². The van der Waals surface area contributed by atoms with Crippen molar-refractivity contribution in [3.8, 4) is 0 Å². The van der Waals surface area contributed by atoms with Gasteiger partial charge in [0.05, 0.1) is 5.52 Å². The highest BCUT2D eigenvalue weighted by Crippen LogP contribution is 2.27. The van der Waals surface area contributed by atoms with Gasteiger partial charge in [0.15, 0.2) is 0 Å². The average molecular weight is 493 g/mol. The Morgan fingerprint density at radius 2 is 1.77 bits per heavy atom. The van der Waals surface area contributed by atoms with E-state index >= 15 is 0 Å². The fourth-order valence-corrected chi connectivity index (χ4v) is 6.65. The molecule has 1 saturated heterocycles. The van der Waals surface area contributed by atoms with Gasteiger partial charge in [-0.2, -0.15) is 0 Å². The number of aromatic nitrogens is 1. The lowest BCUT2D eigenvalue weighted by atomic mass is 10.1. The molecular formula is C27H32N4O3S. The third kappa shape index (κ3) is 5.18. The molecule has 2 fully saturated rings. The summed E-state index contributed by atoms with van der Waals surface area (Å²) >= 11 is 0. The first-order valence-corrected chi connectivity index (χ1v) is 13.9. The number of rotatable bonds is 6. The number of hydrogen-bond acceptors (Lipinski definition) is 5. The molecule has 2 heterocycles. The minimum absolute atomic E-state index is 0.00863. The fraction of sp³-hybridized carbons (Fsp3) is 0.407.